The van der Waals surface area contributed by atoms with Crippen LogP contribution in [-0.4, -0.2) is 14.2 Å². The van der Waals surface area contributed by atoms with Gasteiger partial charge < -0.3 is 9.47 Å². The monoisotopic (exact) mass is 364 g/mol. The van der Waals surface area contributed by atoms with Crippen molar-refractivity contribution >= 4 is 0 Å². The smallest absolute Gasteiger partial charge is 0.165 e. The summed E-state index contributed by atoms with van der Waals surface area (Å²) in [7, 11) is 2.94. The number of methoxy groups -OCH3 is 2. The van der Waals surface area contributed by atoms with E-state index in [4.69, 9.17) is 9.47 Å². The van der Waals surface area contributed by atoms with Crippen LogP contribution in [0.2, 0.25) is 0 Å². The van der Waals surface area contributed by atoms with Crippen molar-refractivity contribution in [3.8, 4) is 11.5 Å². The fraction of sp³-hybridized carbons (Fsp3) is 0.455. The van der Waals surface area contributed by atoms with Crippen molar-refractivity contribution in [2.45, 2.75) is 52.4 Å². The van der Waals surface area contributed by atoms with E-state index >= 15 is 0 Å². The molecule has 2 rings (SSSR count). The van der Waals surface area contributed by atoms with Crippen LogP contribution in [0.3, 0.4) is 0 Å². The maximum Gasteiger partial charge on any atom is 0.165 e. The van der Waals surface area contributed by atoms with Crippen LogP contribution in [0.25, 0.3) is 0 Å². The Morgan fingerprint density at radius 1 is 0.615 bits per heavy atom. The van der Waals surface area contributed by atoms with E-state index in [0.29, 0.717) is 11.5 Å². The highest BCUT2D eigenvalue weighted by atomic mass is 19.1. The summed E-state index contributed by atoms with van der Waals surface area (Å²) in [4.78, 5) is 0. The minimum Gasteiger partial charge on any atom is -0.494 e. The van der Waals surface area contributed by atoms with Gasteiger partial charge in [0.2, 0.25) is 0 Å². The van der Waals surface area contributed by atoms with Crippen LogP contribution in [0.5, 0.6) is 11.5 Å². The molecule has 0 amide bonds. The van der Waals surface area contributed by atoms with Crippen LogP contribution in [0.15, 0.2) is 36.4 Å². The van der Waals surface area contributed by atoms with E-state index in [-0.39, 0.29) is 22.5 Å². The molecule has 0 aliphatic heterocycles. The molecule has 26 heavy (non-hydrogen) atoms. The van der Waals surface area contributed by atoms with Gasteiger partial charge in [-0.1, -0.05) is 53.7 Å². The molecule has 0 aliphatic carbocycles. The van der Waals surface area contributed by atoms with Crippen LogP contribution >= 0.6 is 0 Å². The van der Waals surface area contributed by atoms with Crippen molar-refractivity contribution in [3.63, 3.8) is 0 Å². The fourth-order valence-electron chi connectivity index (χ4n) is 2.26. The SMILES string of the molecule is COc1cc(C(C)(C)C)ccc1F.COc1ccc(C(C)(C)C)cc1F. The molecule has 0 fully saturated rings. The van der Waals surface area contributed by atoms with Crippen LogP contribution in [0, 0.1) is 11.6 Å². The van der Waals surface area contributed by atoms with Crippen molar-refractivity contribution in [2.75, 3.05) is 14.2 Å². The lowest BCUT2D eigenvalue weighted by Gasteiger charge is -2.19. The third-order valence-corrected chi connectivity index (χ3v) is 4.03. The summed E-state index contributed by atoms with van der Waals surface area (Å²) in [6.45, 7) is 12.4. The Balaban J connectivity index is 0.000000260. The molecular formula is C22H30F2O2. The number of ether oxygens (including phenoxy) is 2. The number of rotatable bonds is 2. The van der Waals surface area contributed by atoms with Gasteiger partial charge in [-0.15, -0.1) is 0 Å². The molecule has 0 N–H and O–H groups in total. The first-order valence-electron chi connectivity index (χ1n) is 8.58. The lowest BCUT2D eigenvalue weighted by Crippen LogP contribution is -2.11. The van der Waals surface area contributed by atoms with Crippen LogP contribution < -0.4 is 9.47 Å². The second kappa shape index (κ2) is 8.52. The van der Waals surface area contributed by atoms with E-state index in [2.05, 4.69) is 20.8 Å². The molecule has 2 nitrogen and oxygen atoms in total. The Labute approximate surface area is 156 Å². The van der Waals surface area contributed by atoms with Crippen molar-refractivity contribution in [1.29, 1.82) is 0 Å². The van der Waals surface area contributed by atoms with E-state index < -0.39 is 0 Å². The Bertz CT molecular complexity index is 726. The van der Waals surface area contributed by atoms with Gasteiger partial charge in [-0.2, -0.15) is 0 Å². The van der Waals surface area contributed by atoms with Gasteiger partial charge in [0.25, 0.3) is 0 Å². The van der Waals surface area contributed by atoms with Gasteiger partial charge >= 0.3 is 0 Å². The Morgan fingerprint density at radius 2 is 1.08 bits per heavy atom. The molecule has 0 saturated carbocycles. The van der Waals surface area contributed by atoms with Gasteiger partial charge in [0.15, 0.2) is 23.1 Å². The average molecular weight is 364 g/mol. The predicted molar refractivity (Wildman–Crippen MR) is 103 cm³/mol. The highest BCUT2D eigenvalue weighted by Gasteiger charge is 2.16. The van der Waals surface area contributed by atoms with Crippen molar-refractivity contribution in [3.05, 3.63) is 59.2 Å². The molecule has 0 bridgehead atoms. The first-order valence-corrected chi connectivity index (χ1v) is 8.58. The topological polar surface area (TPSA) is 18.5 Å². The lowest BCUT2D eigenvalue weighted by atomic mass is 9.87. The molecule has 2 aromatic carbocycles. The molecule has 0 saturated heterocycles. The maximum atomic E-state index is 13.3. The summed E-state index contributed by atoms with van der Waals surface area (Å²) in [5, 5.41) is 0. The van der Waals surface area contributed by atoms with Crippen LogP contribution in [0.4, 0.5) is 8.78 Å². The Kier molecular flexibility index (Phi) is 7.19. The van der Waals surface area contributed by atoms with Crippen molar-refractivity contribution in [1.82, 2.24) is 0 Å². The van der Waals surface area contributed by atoms with Gasteiger partial charge in [-0.3, -0.25) is 0 Å². The molecular weight excluding hydrogens is 334 g/mol. The zero-order chi connectivity index (χ0) is 20.1. The van der Waals surface area contributed by atoms with Crippen molar-refractivity contribution in [2.24, 2.45) is 0 Å². The normalized spacial score (nSPS) is 11.5. The van der Waals surface area contributed by atoms with Gasteiger partial charge in [0.05, 0.1) is 14.2 Å². The summed E-state index contributed by atoms with van der Waals surface area (Å²) in [5.74, 6) is 0.00542. The van der Waals surface area contributed by atoms with Crippen LogP contribution in [-0.2, 0) is 10.8 Å². The second-order valence-electron chi connectivity index (χ2n) is 8.20. The predicted octanol–water partition coefficient (Wildman–Crippen LogP) is 6.26. The second-order valence-corrected chi connectivity index (χ2v) is 8.20. The number of hydrogen-bond acceptors (Lipinski definition) is 2. The minimum absolute atomic E-state index is 0.0207. The molecule has 0 aromatic heterocycles. The zero-order valence-corrected chi connectivity index (χ0v) is 17.0. The molecule has 0 spiro atoms. The molecule has 4 heteroatoms. The highest BCUT2D eigenvalue weighted by Crippen LogP contribution is 2.28. The van der Waals surface area contributed by atoms with Crippen molar-refractivity contribution < 1.29 is 18.3 Å². The minimum atomic E-state index is -0.310. The van der Waals surface area contributed by atoms with Gasteiger partial charge in [0.1, 0.15) is 0 Å². The highest BCUT2D eigenvalue weighted by molar-refractivity contribution is 5.34. The number of halogens is 2. The molecule has 0 radical (unpaired) electrons. The third kappa shape index (κ3) is 6.01. The van der Waals surface area contributed by atoms with E-state index in [9.17, 15) is 8.78 Å². The van der Waals surface area contributed by atoms with E-state index in [0.717, 1.165) is 11.1 Å². The quantitative estimate of drug-likeness (QED) is 0.626. The van der Waals surface area contributed by atoms with E-state index in [1.54, 1.807) is 18.2 Å². The molecule has 0 aliphatic rings. The number of hydrogen-bond donors (Lipinski definition) is 0. The third-order valence-electron chi connectivity index (χ3n) is 4.03. The molecule has 0 heterocycles. The standard InChI is InChI=1S/2C11H15FO/c1-11(2,3)8-5-6-10(13-4)9(12)7-8;1-11(2,3)8-5-6-9(12)10(7-8)13-4/h2*5-7H,1-4H3. The van der Waals surface area contributed by atoms with Crippen LogP contribution in [0.1, 0.15) is 52.7 Å². The summed E-state index contributed by atoms with van der Waals surface area (Å²) < 4.78 is 36.0. The summed E-state index contributed by atoms with van der Waals surface area (Å²) >= 11 is 0. The first kappa shape index (κ1) is 21.9. The average Bonchev–Trinajstić information content (AvgIpc) is 2.54. The van der Waals surface area contributed by atoms with Gasteiger partial charge in [-0.05, 0) is 46.2 Å². The summed E-state index contributed by atoms with van der Waals surface area (Å²) in [5.41, 5.74) is 2.06. The maximum absolute atomic E-state index is 13.3. The molecule has 144 valence electrons. The summed E-state index contributed by atoms with van der Waals surface area (Å²) in [6, 6.07) is 10.1. The Morgan fingerprint density at radius 3 is 1.50 bits per heavy atom. The zero-order valence-electron chi connectivity index (χ0n) is 17.0. The van der Waals surface area contributed by atoms with Gasteiger partial charge in [0, 0.05) is 0 Å². The molecule has 0 atom stereocenters. The van der Waals surface area contributed by atoms with Gasteiger partial charge in [-0.25, -0.2) is 8.78 Å². The molecule has 2 aromatic rings. The lowest BCUT2D eigenvalue weighted by molar-refractivity contribution is 0.384. The first-order chi connectivity index (χ1) is 11.9. The largest absolute Gasteiger partial charge is 0.494 e. The number of benzene rings is 2. The van der Waals surface area contributed by atoms with E-state index in [1.807, 2.05) is 26.8 Å². The van der Waals surface area contributed by atoms with E-state index in [1.165, 1.54) is 26.4 Å². The molecule has 0 unspecified atom stereocenters. The Hall–Kier alpha value is -2.10. The summed E-state index contributed by atoms with van der Waals surface area (Å²) in [6.07, 6.45) is 0. The fourth-order valence-corrected chi connectivity index (χ4v) is 2.26.